The molecule has 80 heavy (non-hydrogen) atoms. The first kappa shape index (κ1) is 78.1. The van der Waals surface area contributed by atoms with Crippen LogP contribution in [0.15, 0.2) is 0 Å². The Morgan fingerprint density at radius 1 is 0.312 bits per heavy atom. The van der Waals surface area contributed by atoms with Crippen LogP contribution in [0.5, 0.6) is 0 Å². The standard InChI is InChI=1S/C61H118O17P2/c1-51(2)37-29-21-13-9-10-16-27-35-43-60(65)77-56(47-71-58(63)41-33-25-17-11-14-22-30-38-52(3)4)49-75-79(67,68)73-45-55(62)46-74-80(69,70)76-50-57(48-72-59(64)42-34-26-20-19-24-32-40-54(7)8)78-61(66)44-36-28-18-12-15-23-31-39-53(5)6/h51-57,62H,9-50H2,1-8H3,(H,67,68)(H,69,70)/t55-,56-,57-/m1/s1. The van der Waals surface area contributed by atoms with Crippen LogP contribution in [0, 0.1) is 23.7 Å². The molecule has 474 valence electrons. The first-order valence-electron chi connectivity index (χ1n) is 31.7. The predicted molar refractivity (Wildman–Crippen MR) is 317 cm³/mol. The average molecular weight is 1190 g/mol. The van der Waals surface area contributed by atoms with Crippen molar-refractivity contribution in [1.82, 2.24) is 0 Å². The Kier molecular flexibility index (Phi) is 50.2. The molecule has 0 aromatic heterocycles. The van der Waals surface area contributed by atoms with E-state index in [1.54, 1.807) is 0 Å². The molecule has 3 N–H and O–H groups in total. The zero-order valence-electron chi connectivity index (χ0n) is 51.7. The number of rotatable bonds is 58. The first-order valence-corrected chi connectivity index (χ1v) is 34.7. The van der Waals surface area contributed by atoms with Gasteiger partial charge in [0.15, 0.2) is 12.2 Å². The Morgan fingerprint density at radius 3 is 0.775 bits per heavy atom. The van der Waals surface area contributed by atoms with Gasteiger partial charge in [-0.15, -0.1) is 0 Å². The molecule has 17 nitrogen and oxygen atoms in total. The summed E-state index contributed by atoms with van der Waals surface area (Å²) in [6.07, 6.45) is 29.7. The van der Waals surface area contributed by atoms with Gasteiger partial charge >= 0.3 is 39.5 Å². The number of carbonyl (C=O) groups excluding carboxylic acids is 4. The van der Waals surface area contributed by atoms with Gasteiger partial charge in [0.2, 0.25) is 0 Å². The van der Waals surface area contributed by atoms with E-state index in [0.29, 0.717) is 43.4 Å². The molecule has 0 rings (SSSR count). The zero-order chi connectivity index (χ0) is 59.7. The van der Waals surface area contributed by atoms with Crippen molar-refractivity contribution in [1.29, 1.82) is 0 Å². The molecule has 0 aliphatic heterocycles. The number of aliphatic hydroxyl groups is 1. The number of unbranched alkanes of at least 4 members (excludes halogenated alkanes) is 24. The van der Waals surface area contributed by atoms with Crippen LogP contribution in [0.3, 0.4) is 0 Å². The van der Waals surface area contributed by atoms with Crippen molar-refractivity contribution in [2.24, 2.45) is 23.7 Å². The lowest BCUT2D eigenvalue weighted by molar-refractivity contribution is -0.161. The van der Waals surface area contributed by atoms with Crippen LogP contribution in [-0.4, -0.2) is 96.7 Å². The molecule has 19 heteroatoms. The molecule has 0 spiro atoms. The number of hydrogen-bond donors (Lipinski definition) is 3. The topological polar surface area (TPSA) is 237 Å². The third kappa shape index (κ3) is 55.3. The van der Waals surface area contributed by atoms with Crippen molar-refractivity contribution in [2.45, 2.75) is 305 Å². The largest absolute Gasteiger partial charge is 0.472 e. The van der Waals surface area contributed by atoms with Crippen molar-refractivity contribution in [3.05, 3.63) is 0 Å². The van der Waals surface area contributed by atoms with Gasteiger partial charge in [0.05, 0.1) is 26.4 Å². The first-order chi connectivity index (χ1) is 38.1. The van der Waals surface area contributed by atoms with E-state index in [1.807, 2.05) is 0 Å². The maximum atomic E-state index is 12.9. The summed E-state index contributed by atoms with van der Waals surface area (Å²) in [5.41, 5.74) is 0. The fraction of sp³-hybridized carbons (Fsp3) is 0.934. The lowest BCUT2D eigenvalue weighted by Crippen LogP contribution is -2.30. The van der Waals surface area contributed by atoms with E-state index in [1.165, 1.54) is 77.0 Å². The van der Waals surface area contributed by atoms with E-state index in [2.05, 4.69) is 55.4 Å². The minimum Gasteiger partial charge on any atom is -0.462 e. The number of carbonyl (C=O) groups is 4. The molecule has 0 bridgehead atoms. The van der Waals surface area contributed by atoms with Crippen LogP contribution < -0.4 is 0 Å². The minimum absolute atomic E-state index is 0.101. The van der Waals surface area contributed by atoms with Gasteiger partial charge in [-0.25, -0.2) is 9.13 Å². The van der Waals surface area contributed by atoms with Crippen LogP contribution in [0.1, 0.15) is 287 Å². The van der Waals surface area contributed by atoms with Gasteiger partial charge in [0.1, 0.15) is 19.3 Å². The van der Waals surface area contributed by atoms with E-state index < -0.39 is 97.5 Å². The number of phosphoric acid groups is 2. The van der Waals surface area contributed by atoms with Crippen LogP contribution >= 0.6 is 15.6 Å². The Balaban J connectivity index is 5.25. The van der Waals surface area contributed by atoms with Gasteiger partial charge in [0.25, 0.3) is 0 Å². The van der Waals surface area contributed by atoms with E-state index >= 15 is 0 Å². The number of hydrogen-bond acceptors (Lipinski definition) is 15. The summed E-state index contributed by atoms with van der Waals surface area (Å²) in [6, 6.07) is 0. The highest BCUT2D eigenvalue weighted by molar-refractivity contribution is 7.47. The smallest absolute Gasteiger partial charge is 0.462 e. The molecule has 0 heterocycles. The Labute approximate surface area is 486 Å². The number of esters is 4. The third-order valence-electron chi connectivity index (χ3n) is 13.8. The van der Waals surface area contributed by atoms with Crippen molar-refractivity contribution in [3.8, 4) is 0 Å². The molecule has 2 unspecified atom stereocenters. The molecule has 0 aliphatic carbocycles. The third-order valence-corrected chi connectivity index (χ3v) is 15.7. The summed E-state index contributed by atoms with van der Waals surface area (Å²) < 4.78 is 67.8. The molecular weight excluding hydrogens is 1070 g/mol. The minimum atomic E-state index is -4.94. The highest BCUT2D eigenvalue weighted by atomic mass is 31.2. The van der Waals surface area contributed by atoms with Gasteiger partial charge in [-0.3, -0.25) is 37.3 Å². The van der Waals surface area contributed by atoms with Crippen molar-refractivity contribution < 1.29 is 80.2 Å². The molecular formula is C61H118O17P2. The van der Waals surface area contributed by atoms with Crippen molar-refractivity contribution in [2.75, 3.05) is 39.6 Å². The molecule has 0 radical (unpaired) electrons. The molecule has 0 amide bonds. The lowest BCUT2D eigenvalue weighted by Gasteiger charge is -2.21. The van der Waals surface area contributed by atoms with E-state index in [4.69, 9.17) is 37.0 Å². The maximum absolute atomic E-state index is 12.9. The predicted octanol–water partition coefficient (Wildman–Crippen LogP) is 16.2. The molecule has 0 aromatic rings. The van der Waals surface area contributed by atoms with Crippen LogP contribution in [-0.2, 0) is 65.4 Å². The number of ether oxygens (including phenoxy) is 4. The van der Waals surface area contributed by atoms with Crippen LogP contribution in [0.2, 0.25) is 0 Å². The Bertz CT molecular complexity index is 1610. The second kappa shape index (κ2) is 51.5. The Hall–Kier alpha value is -1.94. The molecule has 0 saturated carbocycles. The highest BCUT2D eigenvalue weighted by Crippen LogP contribution is 2.45. The fourth-order valence-corrected chi connectivity index (χ4v) is 10.5. The number of aliphatic hydroxyl groups excluding tert-OH is 1. The maximum Gasteiger partial charge on any atom is 0.472 e. The van der Waals surface area contributed by atoms with Gasteiger partial charge in [-0.1, -0.05) is 235 Å². The molecule has 0 aliphatic rings. The second-order valence-corrected chi connectivity index (χ2v) is 26.9. The molecule has 0 saturated heterocycles. The van der Waals surface area contributed by atoms with Gasteiger partial charge in [-0.05, 0) is 49.4 Å². The second-order valence-electron chi connectivity index (χ2n) is 24.0. The SMILES string of the molecule is CC(C)CCCCCCCCCCC(=O)O[C@H](COC(=O)CCCCCCCCCC(C)C)COP(=O)(O)OC[C@@H](O)COP(=O)(O)OC[C@@H](COC(=O)CCCCCCCCC(C)C)OC(=O)CCCCCCCCCC(C)C. The van der Waals surface area contributed by atoms with Gasteiger partial charge in [-0.2, -0.15) is 0 Å². The quantitative estimate of drug-likeness (QED) is 0.0222. The summed E-state index contributed by atoms with van der Waals surface area (Å²) in [5.74, 6) is 0.650. The van der Waals surface area contributed by atoms with Gasteiger partial charge < -0.3 is 33.8 Å². The number of phosphoric ester groups is 2. The summed E-state index contributed by atoms with van der Waals surface area (Å²) in [6.45, 7) is 13.8. The van der Waals surface area contributed by atoms with E-state index in [9.17, 15) is 43.2 Å². The summed E-state index contributed by atoms with van der Waals surface area (Å²) >= 11 is 0. The van der Waals surface area contributed by atoms with E-state index in [-0.39, 0.29) is 25.7 Å². The summed E-state index contributed by atoms with van der Waals surface area (Å²) in [7, 11) is -9.88. The lowest BCUT2D eigenvalue weighted by atomic mass is 10.0. The van der Waals surface area contributed by atoms with Crippen molar-refractivity contribution in [3.63, 3.8) is 0 Å². The van der Waals surface area contributed by atoms with Gasteiger partial charge in [0, 0.05) is 25.7 Å². The van der Waals surface area contributed by atoms with E-state index in [0.717, 1.165) is 109 Å². The summed E-state index contributed by atoms with van der Waals surface area (Å²) in [5, 5.41) is 10.5. The summed E-state index contributed by atoms with van der Waals surface area (Å²) in [4.78, 5) is 72.0. The Morgan fingerprint density at radius 2 is 0.525 bits per heavy atom. The average Bonchev–Trinajstić information content (AvgIpc) is 3.38. The van der Waals surface area contributed by atoms with Crippen LogP contribution in [0.4, 0.5) is 0 Å². The highest BCUT2D eigenvalue weighted by Gasteiger charge is 2.30. The van der Waals surface area contributed by atoms with Crippen LogP contribution in [0.25, 0.3) is 0 Å². The normalized spacial score (nSPS) is 14.5. The molecule has 0 aromatic carbocycles. The monoisotopic (exact) mass is 1180 g/mol. The fourth-order valence-electron chi connectivity index (χ4n) is 8.90. The zero-order valence-corrected chi connectivity index (χ0v) is 53.5. The van der Waals surface area contributed by atoms with Crippen molar-refractivity contribution >= 4 is 39.5 Å². The molecule has 5 atom stereocenters. The molecule has 0 fully saturated rings.